The summed E-state index contributed by atoms with van der Waals surface area (Å²) in [5.74, 6) is 2.05. The van der Waals surface area contributed by atoms with Gasteiger partial charge in [-0.1, -0.05) is 39.2 Å². The Morgan fingerprint density at radius 2 is 1.87 bits per heavy atom. The minimum atomic E-state index is -0.934. The number of ketones is 1. The summed E-state index contributed by atoms with van der Waals surface area (Å²) < 4.78 is 0. The third-order valence-electron chi connectivity index (χ3n) is 9.63. The quantitative estimate of drug-likeness (QED) is 0.597. The topological polar surface area (TPSA) is 77.8 Å². The minimum absolute atomic E-state index is 0.0469. The van der Waals surface area contributed by atoms with Gasteiger partial charge in [0.25, 0.3) is 0 Å². The smallest absolute Gasteiger partial charge is 0.182 e. The predicted molar refractivity (Wildman–Crippen MR) is 122 cm³/mol. The third-order valence-corrected chi connectivity index (χ3v) is 9.63. The first-order valence-corrected chi connectivity index (χ1v) is 12.4. The van der Waals surface area contributed by atoms with E-state index in [2.05, 4.69) is 20.8 Å². The summed E-state index contributed by atoms with van der Waals surface area (Å²) in [5, 5.41) is 30.6. The first kappa shape index (κ1) is 23.2. The van der Waals surface area contributed by atoms with Gasteiger partial charge in [0, 0.05) is 11.0 Å². The van der Waals surface area contributed by atoms with E-state index in [-0.39, 0.29) is 16.6 Å². The van der Waals surface area contributed by atoms with Crippen LogP contribution in [0.4, 0.5) is 0 Å². The zero-order valence-corrected chi connectivity index (χ0v) is 20.0. The number of aliphatic hydroxyl groups excluding tert-OH is 2. The molecule has 0 aromatic carbocycles. The van der Waals surface area contributed by atoms with Crippen LogP contribution in [0.25, 0.3) is 0 Å². The van der Waals surface area contributed by atoms with Gasteiger partial charge in [-0.3, -0.25) is 4.79 Å². The number of carbonyl (C=O) groups excluding carboxylic acids is 1. The molecular formula is C27H42O4. The zero-order valence-electron chi connectivity index (χ0n) is 20.0. The molecule has 0 aromatic rings. The second kappa shape index (κ2) is 7.81. The van der Waals surface area contributed by atoms with E-state index in [9.17, 15) is 20.1 Å². The van der Waals surface area contributed by atoms with Crippen LogP contribution in [0, 0.1) is 34.5 Å². The lowest BCUT2D eigenvalue weighted by Gasteiger charge is -2.55. The SMILES string of the molecule is C[C@H](CCCC(C)(C)O)[C@H]1CC[C@H]2C3=CC(=O)C4=C[C@H](O)[C@H](O)C[C@]4(C)[C@H]3CC[C@]12C. The van der Waals surface area contributed by atoms with Crippen LogP contribution in [0.3, 0.4) is 0 Å². The number of aliphatic hydroxyl groups is 3. The Morgan fingerprint density at radius 1 is 1.16 bits per heavy atom. The van der Waals surface area contributed by atoms with Crippen LogP contribution in [0.2, 0.25) is 0 Å². The van der Waals surface area contributed by atoms with Crippen molar-refractivity contribution in [1.29, 1.82) is 0 Å². The van der Waals surface area contributed by atoms with Crippen LogP contribution in [0.15, 0.2) is 23.3 Å². The molecule has 31 heavy (non-hydrogen) atoms. The van der Waals surface area contributed by atoms with E-state index in [1.54, 1.807) is 6.08 Å². The fourth-order valence-electron chi connectivity index (χ4n) is 7.98. The molecule has 0 amide bonds. The van der Waals surface area contributed by atoms with E-state index >= 15 is 0 Å². The Labute approximate surface area is 187 Å². The van der Waals surface area contributed by atoms with E-state index in [4.69, 9.17) is 0 Å². The van der Waals surface area contributed by atoms with Crippen LogP contribution >= 0.6 is 0 Å². The zero-order chi connectivity index (χ0) is 22.8. The first-order chi connectivity index (χ1) is 14.4. The van der Waals surface area contributed by atoms with Crippen molar-refractivity contribution >= 4 is 5.78 Å². The molecule has 0 saturated heterocycles. The molecule has 0 radical (unpaired) electrons. The first-order valence-electron chi connectivity index (χ1n) is 12.4. The molecule has 8 atom stereocenters. The van der Waals surface area contributed by atoms with Crippen LogP contribution in [-0.2, 0) is 4.79 Å². The minimum Gasteiger partial charge on any atom is -0.390 e. The molecule has 4 heteroatoms. The van der Waals surface area contributed by atoms with E-state index < -0.39 is 17.8 Å². The molecule has 2 fully saturated rings. The molecule has 0 unspecified atom stereocenters. The average Bonchev–Trinajstić information content (AvgIpc) is 3.00. The van der Waals surface area contributed by atoms with Crippen molar-refractivity contribution in [1.82, 2.24) is 0 Å². The maximum Gasteiger partial charge on any atom is 0.182 e. The maximum atomic E-state index is 13.1. The molecule has 2 saturated carbocycles. The van der Waals surface area contributed by atoms with Crippen molar-refractivity contribution in [3.63, 3.8) is 0 Å². The highest BCUT2D eigenvalue weighted by Crippen LogP contribution is 2.66. The van der Waals surface area contributed by atoms with Crippen molar-refractivity contribution in [3.05, 3.63) is 23.3 Å². The van der Waals surface area contributed by atoms with Gasteiger partial charge < -0.3 is 15.3 Å². The average molecular weight is 431 g/mol. The lowest BCUT2D eigenvalue weighted by molar-refractivity contribution is -0.115. The largest absolute Gasteiger partial charge is 0.390 e. The van der Waals surface area contributed by atoms with Gasteiger partial charge in [0.1, 0.15) is 0 Å². The Bertz CT molecular complexity index is 790. The van der Waals surface area contributed by atoms with Crippen molar-refractivity contribution in [2.75, 3.05) is 0 Å². The number of carbonyl (C=O) groups is 1. The number of fused-ring (bicyclic) bond motifs is 5. The van der Waals surface area contributed by atoms with E-state index in [1.807, 2.05) is 19.9 Å². The molecule has 0 bridgehead atoms. The Kier molecular flexibility index (Phi) is 5.85. The van der Waals surface area contributed by atoms with E-state index in [1.165, 1.54) is 12.0 Å². The predicted octanol–water partition coefficient (Wildman–Crippen LogP) is 4.57. The van der Waals surface area contributed by atoms with Crippen molar-refractivity contribution in [3.8, 4) is 0 Å². The van der Waals surface area contributed by atoms with Gasteiger partial charge in [-0.2, -0.15) is 0 Å². The molecule has 4 aliphatic carbocycles. The fraction of sp³-hybridized carbons (Fsp3) is 0.815. The molecule has 4 rings (SSSR count). The highest BCUT2D eigenvalue weighted by Gasteiger charge is 2.58. The van der Waals surface area contributed by atoms with Crippen LogP contribution in [0.5, 0.6) is 0 Å². The van der Waals surface area contributed by atoms with Gasteiger partial charge in [-0.15, -0.1) is 0 Å². The molecule has 3 N–H and O–H groups in total. The monoisotopic (exact) mass is 430 g/mol. The lowest BCUT2D eigenvalue weighted by Crippen LogP contribution is -2.51. The molecule has 0 heterocycles. The van der Waals surface area contributed by atoms with Crippen molar-refractivity contribution < 1.29 is 20.1 Å². The summed E-state index contributed by atoms with van der Waals surface area (Å²) in [6, 6.07) is 0. The summed E-state index contributed by atoms with van der Waals surface area (Å²) in [7, 11) is 0. The lowest BCUT2D eigenvalue weighted by atomic mass is 9.49. The Hall–Kier alpha value is -0.970. The highest BCUT2D eigenvalue weighted by molar-refractivity contribution is 6.07. The molecule has 0 aromatic heterocycles. The van der Waals surface area contributed by atoms with Crippen LogP contribution in [-0.4, -0.2) is 38.9 Å². The number of rotatable bonds is 5. The van der Waals surface area contributed by atoms with Gasteiger partial charge in [-0.25, -0.2) is 0 Å². The van der Waals surface area contributed by atoms with Gasteiger partial charge in [-0.05, 0) is 93.6 Å². The fourth-order valence-corrected chi connectivity index (χ4v) is 7.98. The highest BCUT2D eigenvalue weighted by atomic mass is 16.3. The van der Waals surface area contributed by atoms with Gasteiger partial charge in [0.05, 0.1) is 17.8 Å². The standard InChI is InChI=1S/C27H42O4/c1-16(7-6-11-25(2,3)31)18-8-9-19-17-13-22(28)21-14-23(29)24(30)15-27(21,5)20(17)10-12-26(18,19)4/h13-14,16,18-20,23-24,29-31H,6-12,15H2,1-5H3/t16-,18-,19+,20+,23+,24-,26-,27-/m1/s1. The molecule has 174 valence electrons. The van der Waals surface area contributed by atoms with Gasteiger partial charge >= 0.3 is 0 Å². The second-order valence-electron chi connectivity index (χ2n) is 12.3. The molecule has 4 aliphatic rings. The van der Waals surface area contributed by atoms with E-state index in [0.717, 1.165) is 44.1 Å². The summed E-state index contributed by atoms with van der Waals surface area (Å²) >= 11 is 0. The molecule has 0 aliphatic heterocycles. The van der Waals surface area contributed by atoms with Crippen LogP contribution in [0.1, 0.15) is 86.0 Å². The summed E-state index contributed by atoms with van der Waals surface area (Å²) in [6.07, 6.45) is 9.89. The summed E-state index contributed by atoms with van der Waals surface area (Å²) in [6.45, 7) is 10.8. The molecular weight excluding hydrogens is 388 g/mol. The Morgan fingerprint density at radius 3 is 2.55 bits per heavy atom. The molecule has 4 nitrogen and oxygen atoms in total. The summed E-state index contributed by atoms with van der Waals surface area (Å²) in [5.41, 5.74) is 1.32. The second-order valence-corrected chi connectivity index (χ2v) is 12.3. The third kappa shape index (κ3) is 3.87. The number of allylic oxidation sites excluding steroid dienone is 3. The normalized spacial score (nSPS) is 43.5. The van der Waals surface area contributed by atoms with Crippen molar-refractivity contribution in [2.24, 2.45) is 34.5 Å². The van der Waals surface area contributed by atoms with Crippen molar-refractivity contribution in [2.45, 2.75) is 104 Å². The molecule has 0 spiro atoms. The number of hydrogen-bond donors (Lipinski definition) is 3. The maximum absolute atomic E-state index is 13.1. The number of hydrogen-bond acceptors (Lipinski definition) is 4. The van der Waals surface area contributed by atoms with Gasteiger partial charge in [0.15, 0.2) is 5.78 Å². The Balaban J connectivity index is 1.57. The van der Waals surface area contributed by atoms with Gasteiger partial charge in [0.2, 0.25) is 0 Å². The van der Waals surface area contributed by atoms with Crippen LogP contribution < -0.4 is 0 Å². The van der Waals surface area contributed by atoms with E-state index in [0.29, 0.717) is 30.1 Å². The summed E-state index contributed by atoms with van der Waals surface area (Å²) in [4.78, 5) is 13.1.